The average molecular weight is 376 g/mol. The molecule has 6 heteroatoms. The molecule has 1 atom stereocenters. The number of aromatic nitrogens is 2. The van der Waals surface area contributed by atoms with Crippen LogP contribution in [0.1, 0.15) is 34.5 Å². The summed E-state index contributed by atoms with van der Waals surface area (Å²) in [5.74, 6) is 0.199. The van der Waals surface area contributed by atoms with Crippen LogP contribution >= 0.6 is 0 Å². The molecule has 0 bridgehead atoms. The summed E-state index contributed by atoms with van der Waals surface area (Å²) in [6.07, 6.45) is 6.93. The van der Waals surface area contributed by atoms with Gasteiger partial charge in [-0.25, -0.2) is 4.98 Å². The van der Waals surface area contributed by atoms with E-state index in [0.29, 0.717) is 24.3 Å². The number of likely N-dealkylation sites (tertiary alicyclic amines) is 1. The first-order valence-electron chi connectivity index (χ1n) is 9.67. The highest BCUT2D eigenvalue weighted by Crippen LogP contribution is 2.22. The standard InChI is InChI=1S/C22H24N4O2/c23-22(28)18-5-3-4-16(13-18)12-17-9-11-26(14-17)21(27)8-7-19-15-25-10-2-1-6-20(25)24-19/h1-6,10,13,15,17H,7-9,11-12,14H2,(H2,23,28). The quantitative estimate of drug-likeness (QED) is 0.718. The van der Waals surface area contributed by atoms with Crippen LogP contribution in [-0.4, -0.2) is 39.2 Å². The van der Waals surface area contributed by atoms with E-state index in [2.05, 4.69) is 4.98 Å². The Morgan fingerprint density at radius 1 is 1.18 bits per heavy atom. The van der Waals surface area contributed by atoms with Crippen LogP contribution in [-0.2, 0) is 17.6 Å². The molecular formula is C22H24N4O2. The Morgan fingerprint density at radius 2 is 2.07 bits per heavy atom. The van der Waals surface area contributed by atoms with Gasteiger partial charge >= 0.3 is 0 Å². The lowest BCUT2D eigenvalue weighted by atomic mass is 9.97. The number of amides is 2. The summed E-state index contributed by atoms with van der Waals surface area (Å²) in [5, 5.41) is 0. The summed E-state index contributed by atoms with van der Waals surface area (Å²) in [6.45, 7) is 1.56. The highest BCUT2D eigenvalue weighted by atomic mass is 16.2. The van der Waals surface area contributed by atoms with Crippen molar-refractivity contribution >= 4 is 17.5 Å². The number of hydrogen-bond acceptors (Lipinski definition) is 3. The first-order chi connectivity index (χ1) is 13.6. The maximum absolute atomic E-state index is 12.6. The predicted molar refractivity (Wildman–Crippen MR) is 107 cm³/mol. The fourth-order valence-corrected chi connectivity index (χ4v) is 3.91. The Kier molecular flexibility index (Phi) is 5.10. The maximum atomic E-state index is 12.6. The number of nitrogens with two attached hydrogens (primary N) is 1. The molecule has 3 aromatic rings. The molecule has 0 aliphatic carbocycles. The van der Waals surface area contributed by atoms with Crippen LogP contribution in [0.15, 0.2) is 54.9 Å². The van der Waals surface area contributed by atoms with Gasteiger partial charge in [-0.1, -0.05) is 18.2 Å². The third-order valence-corrected chi connectivity index (χ3v) is 5.38. The van der Waals surface area contributed by atoms with E-state index in [1.165, 1.54) is 0 Å². The van der Waals surface area contributed by atoms with Crippen molar-refractivity contribution in [2.75, 3.05) is 13.1 Å². The lowest BCUT2D eigenvalue weighted by molar-refractivity contribution is -0.130. The van der Waals surface area contributed by atoms with Crippen LogP contribution in [0.3, 0.4) is 0 Å². The molecule has 0 spiro atoms. The minimum absolute atomic E-state index is 0.186. The maximum Gasteiger partial charge on any atom is 0.248 e. The molecule has 1 aliphatic rings. The van der Waals surface area contributed by atoms with Gasteiger partial charge in [0.1, 0.15) is 5.65 Å². The van der Waals surface area contributed by atoms with Gasteiger partial charge in [-0.15, -0.1) is 0 Å². The van der Waals surface area contributed by atoms with Gasteiger partial charge in [-0.05, 0) is 55.0 Å². The molecule has 144 valence electrons. The number of hydrogen-bond donors (Lipinski definition) is 1. The van der Waals surface area contributed by atoms with E-state index in [1.807, 2.05) is 58.1 Å². The number of rotatable bonds is 6. The third kappa shape index (κ3) is 4.06. The predicted octanol–water partition coefficient (Wildman–Crippen LogP) is 2.46. The Hall–Kier alpha value is -3.15. The average Bonchev–Trinajstić information content (AvgIpc) is 3.33. The molecule has 2 N–H and O–H groups in total. The number of carbonyl (C=O) groups is 2. The zero-order valence-corrected chi connectivity index (χ0v) is 15.8. The van der Waals surface area contributed by atoms with Crippen molar-refractivity contribution in [3.8, 4) is 0 Å². The van der Waals surface area contributed by atoms with Gasteiger partial charge in [0.25, 0.3) is 0 Å². The van der Waals surface area contributed by atoms with Crippen LogP contribution in [0.2, 0.25) is 0 Å². The van der Waals surface area contributed by atoms with Crippen molar-refractivity contribution in [3.05, 3.63) is 71.7 Å². The SMILES string of the molecule is NC(=O)c1cccc(CC2CCN(C(=O)CCc3cn4ccccc4n3)C2)c1. The molecule has 1 fully saturated rings. The number of imidazole rings is 1. The largest absolute Gasteiger partial charge is 0.366 e. The van der Waals surface area contributed by atoms with Gasteiger partial charge in [0.2, 0.25) is 11.8 Å². The second-order valence-corrected chi connectivity index (χ2v) is 7.46. The summed E-state index contributed by atoms with van der Waals surface area (Å²) in [6, 6.07) is 13.4. The first-order valence-corrected chi connectivity index (χ1v) is 9.67. The number of pyridine rings is 1. The fourth-order valence-electron chi connectivity index (χ4n) is 3.91. The van der Waals surface area contributed by atoms with Gasteiger partial charge in [0, 0.05) is 37.5 Å². The number of carbonyl (C=O) groups excluding carboxylic acids is 2. The molecule has 2 aromatic heterocycles. The highest BCUT2D eigenvalue weighted by Gasteiger charge is 2.26. The highest BCUT2D eigenvalue weighted by molar-refractivity contribution is 5.92. The second-order valence-electron chi connectivity index (χ2n) is 7.46. The molecule has 1 saturated heterocycles. The van der Waals surface area contributed by atoms with E-state index in [1.54, 1.807) is 6.07 Å². The molecule has 1 aromatic carbocycles. The number of nitrogens with zero attached hydrogens (tertiary/aromatic N) is 3. The van der Waals surface area contributed by atoms with Crippen molar-refractivity contribution in [1.82, 2.24) is 14.3 Å². The van der Waals surface area contributed by atoms with Crippen LogP contribution in [0.4, 0.5) is 0 Å². The first kappa shape index (κ1) is 18.2. The topological polar surface area (TPSA) is 80.7 Å². The van der Waals surface area contributed by atoms with Crippen molar-refractivity contribution < 1.29 is 9.59 Å². The van der Waals surface area contributed by atoms with Gasteiger partial charge < -0.3 is 15.0 Å². The lowest BCUT2D eigenvalue weighted by Crippen LogP contribution is -2.29. The minimum atomic E-state index is -0.406. The minimum Gasteiger partial charge on any atom is -0.366 e. The zero-order chi connectivity index (χ0) is 19.5. The monoisotopic (exact) mass is 376 g/mol. The number of benzene rings is 1. The Bertz CT molecular complexity index is 977. The molecule has 0 radical (unpaired) electrons. The van der Waals surface area contributed by atoms with Crippen molar-refractivity contribution in [2.24, 2.45) is 11.7 Å². The Labute approximate surface area is 164 Å². The van der Waals surface area contributed by atoms with Crippen molar-refractivity contribution in [1.29, 1.82) is 0 Å². The van der Waals surface area contributed by atoms with Gasteiger partial charge in [0.15, 0.2) is 0 Å². The van der Waals surface area contributed by atoms with Crippen molar-refractivity contribution in [2.45, 2.75) is 25.7 Å². The lowest BCUT2D eigenvalue weighted by Gasteiger charge is -2.16. The van der Waals surface area contributed by atoms with E-state index in [4.69, 9.17) is 5.73 Å². The molecule has 1 unspecified atom stereocenters. The molecule has 28 heavy (non-hydrogen) atoms. The van der Waals surface area contributed by atoms with Crippen LogP contribution < -0.4 is 5.73 Å². The molecular weight excluding hydrogens is 352 g/mol. The summed E-state index contributed by atoms with van der Waals surface area (Å²) >= 11 is 0. The normalized spacial score (nSPS) is 16.6. The molecule has 1 aliphatic heterocycles. The molecule has 4 rings (SSSR count). The Balaban J connectivity index is 1.30. The Morgan fingerprint density at radius 3 is 2.89 bits per heavy atom. The van der Waals surface area contributed by atoms with E-state index in [-0.39, 0.29) is 5.91 Å². The van der Waals surface area contributed by atoms with E-state index in [0.717, 1.165) is 42.8 Å². The van der Waals surface area contributed by atoms with Crippen LogP contribution in [0.5, 0.6) is 0 Å². The van der Waals surface area contributed by atoms with Crippen molar-refractivity contribution in [3.63, 3.8) is 0 Å². The molecule has 0 saturated carbocycles. The van der Waals surface area contributed by atoms with Crippen LogP contribution in [0, 0.1) is 5.92 Å². The third-order valence-electron chi connectivity index (χ3n) is 5.38. The van der Waals surface area contributed by atoms with Gasteiger partial charge in [0.05, 0.1) is 5.69 Å². The summed E-state index contributed by atoms with van der Waals surface area (Å²) in [5.41, 5.74) is 8.85. The van der Waals surface area contributed by atoms with Crippen LogP contribution in [0.25, 0.3) is 5.65 Å². The van der Waals surface area contributed by atoms with Gasteiger partial charge in [-0.3, -0.25) is 9.59 Å². The van der Waals surface area contributed by atoms with E-state index in [9.17, 15) is 9.59 Å². The van der Waals surface area contributed by atoms with E-state index < -0.39 is 5.91 Å². The molecule has 3 heterocycles. The summed E-state index contributed by atoms with van der Waals surface area (Å²) in [4.78, 5) is 30.5. The van der Waals surface area contributed by atoms with E-state index >= 15 is 0 Å². The zero-order valence-electron chi connectivity index (χ0n) is 15.8. The summed E-state index contributed by atoms with van der Waals surface area (Å²) in [7, 11) is 0. The fraction of sp³-hybridized carbons (Fsp3) is 0.318. The number of primary amides is 1. The number of aryl methyl sites for hydroxylation is 1. The number of fused-ring (bicyclic) bond motifs is 1. The smallest absolute Gasteiger partial charge is 0.248 e. The summed E-state index contributed by atoms with van der Waals surface area (Å²) < 4.78 is 1.98. The molecule has 6 nitrogen and oxygen atoms in total. The van der Waals surface area contributed by atoms with Gasteiger partial charge in [-0.2, -0.15) is 0 Å². The second kappa shape index (κ2) is 7.84. The molecule has 2 amide bonds.